The van der Waals surface area contributed by atoms with Crippen LogP contribution in [0.3, 0.4) is 0 Å². The molecule has 0 radical (unpaired) electrons. The highest BCUT2D eigenvalue weighted by Crippen LogP contribution is 2.31. The molecule has 2 aromatic carbocycles. The molecule has 0 aromatic heterocycles. The van der Waals surface area contributed by atoms with Crippen LogP contribution in [-0.4, -0.2) is 11.7 Å². The van der Waals surface area contributed by atoms with Gasteiger partial charge in [0.05, 0.1) is 11.8 Å². The molecule has 0 saturated heterocycles. The van der Waals surface area contributed by atoms with Gasteiger partial charge in [0.25, 0.3) is 0 Å². The van der Waals surface area contributed by atoms with E-state index in [0.29, 0.717) is 0 Å². The third-order valence-electron chi connectivity index (χ3n) is 2.75. The summed E-state index contributed by atoms with van der Waals surface area (Å²) < 4.78 is 28.2. The molecular weight excluding hydrogens is 396 g/mol. The third-order valence-corrected chi connectivity index (χ3v) is 4.07. The van der Waals surface area contributed by atoms with E-state index in [1.165, 1.54) is 0 Å². The van der Waals surface area contributed by atoms with Crippen LogP contribution in [0.1, 0.15) is 11.7 Å². The number of hydrogen-bond acceptors (Lipinski definition) is 2. The molecular formula is C14H11Br2F2NO. The second-order valence-electron chi connectivity index (χ2n) is 4.16. The van der Waals surface area contributed by atoms with E-state index < -0.39 is 17.7 Å². The van der Waals surface area contributed by atoms with E-state index >= 15 is 0 Å². The van der Waals surface area contributed by atoms with Gasteiger partial charge in [-0.2, -0.15) is 0 Å². The van der Waals surface area contributed by atoms with Crippen LogP contribution < -0.4 is 5.32 Å². The molecule has 0 aliphatic carbocycles. The number of para-hydroxylation sites is 1. The summed E-state index contributed by atoms with van der Waals surface area (Å²) in [7, 11) is 0. The highest BCUT2D eigenvalue weighted by molar-refractivity contribution is 9.11. The van der Waals surface area contributed by atoms with Crippen LogP contribution in [0.25, 0.3) is 0 Å². The summed E-state index contributed by atoms with van der Waals surface area (Å²) in [5, 5.41) is 13.0. The zero-order valence-electron chi connectivity index (χ0n) is 10.2. The molecule has 0 amide bonds. The number of halogens is 4. The second-order valence-corrected chi connectivity index (χ2v) is 5.87. The lowest BCUT2D eigenvalue weighted by Gasteiger charge is -2.16. The molecule has 2 rings (SSSR count). The van der Waals surface area contributed by atoms with Gasteiger partial charge in [0, 0.05) is 21.1 Å². The van der Waals surface area contributed by atoms with Crippen molar-refractivity contribution in [3.63, 3.8) is 0 Å². The number of nitrogens with one attached hydrogen (secondary N) is 1. The van der Waals surface area contributed by atoms with Crippen molar-refractivity contribution in [3.05, 3.63) is 62.5 Å². The molecule has 0 bridgehead atoms. The minimum Gasteiger partial charge on any atom is -0.386 e. The van der Waals surface area contributed by atoms with Gasteiger partial charge in [-0.25, -0.2) is 8.78 Å². The van der Waals surface area contributed by atoms with Crippen molar-refractivity contribution in [1.82, 2.24) is 0 Å². The van der Waals surface area contributed by atoms with Crippen molar-refractivity contribution < 1.29 is 13.9 Å². The molecule has 106 valence electrons. The number of benzene rings is 2. The first-order chi connectivity index (χ1) is 9.49. The van der Waals surface area contributed by atoms with E-state index in [1.54, 1.807) is 0 Å². The molecule has 0 fully saturated rings. The molecule has 6 heteroatoms. The normalized spacial score (nSPS) is 12.2. The lowest BCUT2D eigenvalue weighted by atomic mass is 10.1. The molecule has 1 atom stereocenters. The fourth-order valence-corrected chi connectivity index (χ4v) is 3.02. The third kappa shape index (κ3) is 3.56. The first-order valence-electron chi connectivity index (χ1n) is 5.80. The Hall–Kier alpha value is -0.980. The predicted molar refractivity (Wildman–Crippen MR) is 81.6 cm³/mol. The first kappa shape index (κ1) is 15.4. The van der Waals surface area contributed by atoms with Crippen LogP contribution >= 0.6 is 31.9 Å². The largest absolute Gasteiger partial charge is 0.386 e. The Kier molecular flexibility index (Phi) is 5.12. The fourth-order valence-electron chi connectivity index (χ4n) is 1.75. The summed E-state index contributed by atoms with van der Waals surface area (Å²) in [6.45, 7) is 0.0571. The van der Waals surface area contributed by atoms with Gasteiger partial charge in [0.2, 0.25) is 0 Å². The Bertz CT molecular complexity index is 602. The van der Waals surface area contributed by atoms with Gasteiger partial charge in [0.1, 0.15) is 11.6 Å². The molecule has 2 N–H and O–H groups in total. The van der Waals surface area contributed by atoms with Gasteiger partial charge < -0.3 is 10.4 Å². The number of aliphatic hydroxyl groups is 1. The van der Waals surface area contributed by atoms with E-state index in [9.17, 15) is 13.9 Å². The van der Waals surface area contributed by atoms with Gasteiger partial charge in [-0.1, -0.05) is 6.07 Å². The standard InChI is InChI=1S/C14H11Br2F2NO/c15-10-2-1-3-11(16)14(10)19-7-13(20)9-6-8(17)4-5-12(9)18/h1-6,13,19-20H,7H2. The number of aliphatic hydroxyl groups excluding tert-OH is 1. The number of anilines is 1. The average molecular weight is 407 g/mol. The molecule has 20 heavy (non-hydrogen) atoms. The van der Waals surface area contributed by atoms with Gasteiger partial charge in [-0.05, 0) is 62.2 Å². The van der Waals surface area contributed by atoms with Crippen LogP contribution in [0, 0.1) is 11.6 Å². The van der Waals surface area contributed by atoms with Gasteiger partial charge in [-0.3, -0.25) is 0 Å². The van der Waals surface area contributed by atoms with Gasteiger partial charge in [0.15, 0.2) is 0 Å². The molecule has 0 aliphatic rings. The first-order valence-corrected chi connectivity index (χ1v) is 7.38. The quantitative estimate of drug-likeness (QED) is 0.775. The molecule has 0 aliphatic heterocycles. The molecule has 2 nitrogen and oxygen atoms in total. The van der Waals surface area contributed by atoms with Crippen molar-refractivity contribution in [1.29, 1.82) is 0 Å². The molecule has 1 unspecified atom stereocenters. The predicted octanol–water partition coefficient (Wildman–Crippen LogP) is 4.64. The van der Waals surface area contributed by atoms with Crippen LogP contribution in [0.15, 0.2) is 45.3 Å². The molecule has 2 aromatic rings. The van der Waals surface area contributed by atoms with Crippen molar-refractivity contribution in [3.8, 4) is 0 Å². The van der Waals surface area contributed by atoms with Crippen molar-refractivity contribution in [2.75, 3.05) is 11.9 Å². The maximum absolute atomic E-state index is 13.5. The van der Waals surface area contributed by atoms with Gasteiger partial charge in [-0.15, -0.1) is 0 Å². The Labute approximate surface area is 132 Å². The van der Waals surface area contributed by atoms with E-state index in [4.69, 9.17) is 0 Å². The van der Waals surface area contributed by atoms with E-state index in [1.807, 2.05) is 18.2 Å². The van der Waals surface area contributed by atoms with Crippen molar-refractivity contribution in [2.24, 2.45) is 0 Å². The average Bonchev–Trinajstić information content (AvgIpc) is 2.40. The Morgan fingerprint density at radius 1 is 1.10 bits per heavy atom. The lowest BCUT2D eigenvalue weighted by Crippen LogP contribution is -2.14. The smallest absolute Gasteiger partial charge is 0.129 e. The lowest BCUT2D eigenvalue weighted by molar-refractivity contribution is 0.186. The fraction of sp³-hybridized carbons (Fsp3) is 0.143. The van der Waals surface area contributed by atoms with Crippen LogP contribution in [0.5, 0.6) is 0 Å². The highest BCUT2D eigenvalue weighted by Gasteiger charge is 2.15. The zero-order valence-corrected chi connectivity index (χ0v) is 13.4. The monoisotopic (exact) mass is 405 g/mol. The summed E-state index contributed by atoms with van der Waals surface area (Å²) >= 11 is 6.74. The van der Waals surface area contributed by atoms with Crippen LogP contribution in [-0.2, 0) is 0 Å². The summed E-state index contributed by atoms with van der Waals surface area (Å²) in [4.78, 5) is 0. The molecule has 0 saturated carbocycles. The summed E-state index contributed by atoms with van der Waals surface area (Å²) in [5.74, 6) is -1.21. The van der Waals surface area contributed by atoms with E-state index in [2.05, 4.69) is 37.2 Å². The Morgan fingerprint density at radius 3 is 2.40 bits per heavy atom. The van der Waals surface area contributed by atoms with E-state index in [-0.39, 0.29) is 12.1 Å². The summed E-state index contributed by atoms with van der Waals surface area (Å²) in [5.41, 5.74) is 0.670. The molecule has 0 spiro atoms. The van der Waals surface area contributed by atoms with E-state index in [0.717, 1.165) is 32.8 Å². The van der Waals surface area contributed by atoms with Crippen LogP contribution in [0.4, 0.5) is 14.5 Å². The number of hydrogen-bond donors (Lipinski definition) is 2. The highest BCUT2D eigenvalue weighted by atomic mass is 79.9. The Morgan fingerprint density at radius 2 is 1.75 bits per heavy atom. The maximum atomic E-state index is 13.5. The van der Waals surface area contributed by atoms with Gasteiger partial charge >= 0.3 is 0 Å². The van der Waals surface area contributed by atoms with Crippen molar-refractivity contribution >= 4 is 37.5 Å². The van der Waals surface area contributed by atoms with Crippen molar-refractivity contribution in [2.45, 2.75) is 6.10 Å². The minimum absolute atomic E-state index is 0.0571. The minimum atomic E-state index is -1.15. The summed E-state index contributed by atoms with van der Waals surface area (Å²) in [6.07, 6.45) is -1.15. The van der Waals surface area contributed by atoms with Crippen LogP contribution in [0.2, 0.25) is 0 Å². The number of rotatable bonds is 4. The zero-order chi connectivity index (χ0) is 14.7. The SMILES string of the molecule is OC(CNc1c(Br)cccc1Br)c1cc(F)ccc1F. The second kappa shape index (κ2) is 6.65. The maximum Gasteiger partial charge on any atom is 0.129 e. The Balaban J connectivity index is 2.13. The summed E-state index contributed by atoms with van der Waals surface area (Å²) in [6, 6.07) is 8.54. The molecule has 0 heterocycles. The topological polar surface area (TPSA) is 32.3 Å².